The molecule has 23 heavy (non-hydrogen) atoms. The minimum atomic E-state index is -0.894. The molecule has 2 aromatic rings. The molecule has 2 N–H and O–H groups in total. The van der Waals surface area contributed by atoms with Gasteiger partial charge < -0.3 is 10.4 Å². The molecule has 2 nitrogen and oxygen atoms in total. The Morgan fingerprint density at radius 1 is 1.04 bits per heavy atom. The van der Waals surface area contributed by atoms with Crippen LogP contribution in [0, 0.1) is 0 Å². The highest BCUT2D eigenvalue weighted by Gasteiger charge is 2.41. The number of hydrogen-bond donors (Lipinski definition) is 2. The van der Waals surface area contributed by atoms with Gasteiger partial charge >= 0.3 is 0 Å². The van der Waals surface area contributed by atoms with Crippen LogP contribution in [-0.2, 0) is 5.60 Å². The summed E-state index contributed by atoms with van der Waals surface area (Å²) >= 11 is 3.65. The van der Waals surface area contributed by atoms with E-state index in [0.717, 1.165) is 46.1 Å². The second kappa shape index (κ2) is 6.04. The first-order valence-electron chi connectivity index (χ1n) is 8.19. The van der Waals surface area contributed by atoms with Gasteiger partial charge in [-0.05, 0) is 62.9 Å². The van der Waals surface area contributed by atoms with E-state index in [4.69, 9.17) is 0 Å². The van der Waals surface area contributed by atoms with Gasteiger partial charge in [-0.3, -0.25) is 0 Å². The molecule has 0 saturated carbocycles. The fourth-order valence-electron chi connectivity index (χ4n) is 3.43. The van der Waals surface area contributed by atoms with Gasteiger partial charge in [0.05, 0.1) is 0 Å². The van der Waals surface area contributed by atoms with Crippen LogP contribution in [0.5, 0.6) is 0 Å². The lowest BCUT2D eigenvalue weighted by molar-refractivity contribution is 0.0729. The third kappa shape index (κ3) is 3.10. The molecule has 0 heterocycles. The number of halogens is 1. The molecule has 3 heteroatoms. The van der Waals surface area contributed by atoms with Crippen molar-refractivity contribution in [1.29, 1.82) is 0 Å². The van der Waals surface area contributed by atoms with Gasteiger partial charge in [0, 0.05) is 15.6 Å². The predicted octanol–water partition coefficient (Wildman–Crippen LogP) is 4.83. The highest BCUT2D eigenvalue weighted by molar-refractivity contribution is 9.10. The minimum Gasteiger partial charge on any atom is -0.380 e. The smallest absolute Gasteiger partial charge is 0.116 e. The lowest BCUT2D eigenvalue weighted by Gasteiger charge is -2.27. The molecule has 122 valence electrons. The molecular weight excluding hydrogens is 350 g/mol. The predicted molar refractivity (Wildman–Crippen MR) is 99.6 cm³/mol. The summed E-state index contributed by atoms with van der Waals surface area (Å²) in [5.41, 5.74) is 3.53. The summed E-state index contributed by atoms with van der Waals surface area (Å²) in [7, 11) is 0. The normalized spacial score (nSPS) is 19.5. The standard InChI is InChI=1S/C20H24BrNO/c1-19(2,3)22-13-7-12-20(23)15-9-5-4-8-14(15)18-16(20)10-6-11-17(18)21/h4-6,8-11,22-23H,7,12-13H2,1-3H3. The average Bonchev–Trinajstić information content (AvgIpc) is 2.75. The molecule has 0 radical (unpaired) electrons. The van der Waals surface area contributed by atoms with E-state index in [1.807, 2.05) is 24.3 Å². The van der Waals surface area contributed by atoms with E-state index >= 15 is 0 Å². The third-order valence-electron chi connectivity index (χ3n) is 4.47. The number of hydrogen-bond acceptors (Lipinski definition) is 2. The van der Waals surface area contributed by atoms with Crippen molar-refractivity contribution in [3.8, 4) is 11.1 Å². The fraction of sp³-hybridized carbons (Fsp3) is 0.400. The average molecular weight is 374 g/mol. The lowest BCUT2D eigenvalue weighted by Crippen LogP contribution is -2.37. The third-order valence-corrected chi connectivity index (χ3v) is 5.13. The number of fused-ring (bicyclic) bond motifs is 3. The quantitative estimate of drug-likeness (QED) is 0.751. The van der Waals surface area contributed by atoms with Crippen LogP contribution in [0.1, 0.15) is 44.7 Å². The van der Waals surface area contributed by atoms with Crippen molar-refractivity contribution in [2.75, 3.05) is 6.54 Å². The Labute approximate surface area is 147 Å². The Kier molecular flexibility index (Phi) is 4.39. The van der Waals surface area contributed by atoms with Crippen molar-refractivity contribution in [2.45, 2.75) is 44.8 Å². The number of rotatable bonds is 4. The van der Waals surface area contributed by atoms with Crippen LogP contribution in [0.25, 0.3) is 11.1 Å². The van der Waals surface area contributed by atoms with Gasteiger partial charge in [-0.15, -0.1) is 0 Å². The van der Waals surface area contributed by atoms with E-state index < -0.39 is 5.60 Å². The Hall–Kier alpha value is -1.16. The molecular formula is C20H24BrNO. The second-order valence-electron chi connectivity index (χ2n) is 7.35. The van der Waals surface area contributed by atoms with E-state index in [1.54, 1.807) is 0 Å². The minimum absolute atomic E-state index is 0.108. The van der Waals surface area contributed by atoms with Crippen molar-refractivity contribution in [1.82, 2.24) is 5.32 Å². The maximum absolute atomic E-state index is 11.5. The van der Waals surface area contributed by atoms with E-state index in [2.05, 4.69) is 60.2 Å². The Bertz CT molecular complexity index is 720. The van der Waals surface area contributed by atoms with Gasteiger partial charge in [0.25, 0.3) is 0 Å². The van der Waals surface area contributed by atoms with Crippen molar-refractivity contribution >= 4 is 15.9 Å². The van der Waals surface area contributed by atoms with Crippen LogP contribution in [0.15, 0.2) is 46.9 Å². The van der Waals surface area contributed by atoms with Crippen LogP contribution >= 0.6 is 15.9 Å². The number of benzene rings is 2. The molecule has 0 aromatic heterocycles. The number of aliphatic hydroxyl groups is 1. The van der Waals surface area contributed by atoms with E-state index in [-0.39, 0.29) is 5.54 Å². The monoisotopic (exact) mass is 373 g/mol. The van der Waals surface area contributed by atoms with Crippen LogP contribution in [-0.4, -0.2) is 17.2 Å². The van der Waals surface area contributed by atoms with Crippen LogP contribution in [0.4, 0.5) is 0 Å². The Balaban J connectivity index is 1.91. The van der Waals surface area contributed by atoms with Crippen LogP contribution in [0.2, 0.25) is 0 Å². The zero-order valence-electron chi connectivity index (χ0n) is 14.0. The molecule has 0 fully saturated rings. The molecule has 2 aromatic carbocycles. The summed E-state index contributed by atoms with van der Waals surface area (Å²) in [6.45, 7) is 7.40. The maximum atomic E-state index is 11.5. The molecule has 1 aliphatic rings. The second-order valence-corrected chi connectivity index (χ2v) is 8.20. The molecule has 1 atom stereocenters. The summed E-state index contributed by atoms with van der Waals surface area (Å²) in [4.78, 5) is 0. The van der Waals surface area contributed by atoms with Gasteiger partial charge in [0.15, 0.2) is 0 Å². The highest BCUT2D eigenvalue weighted by Crippen LogP contribution is 2.51. The van der Waals surface area contributed by atoms with Crippen molar-refractivity contribution in [3.05, 3.63) is 58.1 Å². The Morgan fingerprint density at radius 3 is 2.48 bits per heavy atom. The summed E-state index contributed by atoms with van der Waals surface area (Å²) < 4.78 is 1.05. The number of nitrogens with one attached hydrogen (secondary N) is 1. The van der Waals surface area contributed by atoms with E-state index in [1.165, 1.54) is 0 Å². The molecule has 0 saturated heterocycles. The van der Waals surface area contributed by atoms with Gasteiger partial charge in [-0.1, -0.05) is 52.3 Å². The molecule has 1 aliphatic carbocycles. The van der Waals surface area contributed by atoms with Gasteiger partial charge in [0.2, 0.25) is 0 Å². The molecule has 0 spiro atoms. The van der Waals surface area contributed by atoms with Crippen molar-refractivity contribution < 1.29 is 5.11 Å². The Morgan fingerprint density at radius 2 is 1.74 bits per heavy atom. The zero-order valence-corrected chi connectivity index (χ0v) is 15.6. The summed E-state index contributed by atoms with van der Waals surface area (Å²) in [5.74, 6) is 0. The molecule has 0 aliphatic heterocycles. The highest BCUT2D eigenvalue weighted by atomic mass is 79.9. The van der Waals surface area contributed by atoms with Crippen LogP contribution in [0.3, 0.4) is 0 Å². The SMILES string of the molecule is CC(C)(C)NCCCC1(O)c2ccccc2-c2c(Br)cccc21. The van der Waals surface area contributed by atoms with E-state index in [0.29, 0.717) is 0 Å². The van der Waals surface area contributed by atoms with Crippen molar-refractivity contribution in [3.63, 3.8) is 0 Å². The molecule has 0 bridgehead atoms. The fourth-order valence-corrected chi connectivity index (χ4v) is 4.01. The van der Waals surface area contributed by atoms with Crippen LogP contribution < -0.4 is 5.32 Å². The first-order chi connectivity index (χ1) is 10.8. The molecule has 0 amide bonds. The maximum Gasteiger partial charge on any atom is 0.116 e. The van der Waals surface area contributed by atoms with Gasteiger partial charge in [-0.2, -0.15) is 0 Å². The summed E-state index contributed by atoms with van der Waals surface area (Å²) in [6, 6.07) is 14.3. The largest absolute Gasteiger partial charge is 0.380 e. The zero-order chi connectivity index (χ0) is 16.7. The summed E-state index contributed by atoms with van der Waals surface area (Å²) in [6.07, 6.45) is 1.64. The first kappa shape index (κ1) is 16.7. The first-order valence-corrected chi connectivity index (χ1v) is 8.98. The molecule has 3 rings (SSSR count). The summed E-state index contributed by atoms with van der Waals surface area (Å²) in [5, 5.41) is 15.0. The van der Waals surface area contributed by atoms with Gasteiger partial charge in [0.1, 0.15) is 5.60 Å². The van der Waals surface area contributed by atoms with Crippen molar-refractivity contribution in [2.24, 2.45) is 0 Å². The topological polar surface area (TPSA) is 32.3 Å². The van der Waals surface area contributed by atoms with E-state index in [9.17, 15) is 5.11 Å². The van der Waals surface area contributed by atoms with Gasteiger partial charge in [-0.25, -0.2) is 0 Å². The lowest BCUT2D eigenvalue weighted by atomic mass is 9.87. The molecule has 1 unspecified atom stereocenters.